The van der Waals surface area contributed by atoms with E-state index in [4.69, 9.17) is 20.8 Å². The molecule has 5 heteroatoms. The number of rotatable bonds is 3. The van der Waals surface area contributed by atoms with Gasteiger partial charge in [0.25, 0.3) is 0 Å². The Hall–Kier alpha value is -1.94. The zero-order valence-electron chi connectivity index (χ0n) is 12.7. The molecular weight excluding hydrogens is 302 g/mol. The van der Waals surface area contributed by atoms with E-state index in [0.717, 1.165) is 35.7 Å². The minimum Gasteiger partial charge on any atom is -0.492 e. The van der Waals surface area contributed by atoms with E-state index in [-0.39, 0.29) is 5.02 Å². The highest BCUT2D eigenvalue weighted by Gasteiger charge is 2.26. The van der Waals surface area contributed by atoms with Crippen LogP contribution in [0.5, 0.6) is 5.75 Å². The van der Waals surface area contributed by atoms with Gasteiger partial charge in [0, 0.05) is 25.1 Å². The van der Waals surface area contributed by atoms with Crippen LogP contribution in [0, 0.1) is 0 Å². The molecular formula is C17H18ClNO3. The van der Waals surface area contributed by atoms with Gasteiger partial charge in [-0.15, -0.1) is 0 Å². The van der Waals surface area contributed by atoms with Gasteiger partial charge in [0.2, 0.25) is 0 Å². The fraction of sp³-hybridized carbons (Fsp3) is 0.353. The summed E-state index contributed by atoms with van der Waals surface area (Å²) in [5.41, 5.74) is 2.02. The molecule has 22 heavy (non-hydrogen) atoms. The maximum atomic E-state index is 12.2. The predicted molar refractivity (Wildman–Crippen MR) is 88.2 cm³/mol. The van der Waals surface area contributed by atoms with Gasteiger partial charge >= 0.3 is 5.63 Å². The lowest BCUT2D eigenvalue weighted by Gasteiger charge is -2.25. The Balaban J connectivity index is 2.33. The first-order valence-corrected chi connectivity index (χ1v) is 7.87. The van der Waals surface area contributed by atoms with Crippen molar-refractivity contribution in [3.8, 4) is 17.1 Å². The molecule has 1 aromatic carbocycles. The van der Waals surface area contributed by atoms with Gasteiger partial charge in [-0.25, -0.2) is 4.79 Å². The van der Waals surface area contributed by atoms with Gasteiger partial charge in [-0.3, -0.25) is 0 Å². The summed E-state index contributed by atoms with van der Waals surface area (Å²) in [7, 11) is 0. The molecule has 1 aliphatic rings. The number of benzene rings is 1. The summed E-state index contributed by atoms with van der Waals surface area (Å²) in [5.74, 6) is 1.31. The van der Waals surface area contributed by atoms with E-state index < -0.39 is 5.63 Å². The van der Waals surface area contributed by atoms with Gasteiger partial charge in [-0.1, -0.05) is 23.7 Å². The molecule has 0 bridgehead atoms. The number of para-hydroxylation sites is 1. The molecule has 0 N–H and O–H groups in total. The summed E-state index contributed by atoms with van der Waals surface area (Å²) in [6.07, 6.45) is 0.652. The SMILES string of the molecule is CCN(CC)c1c2c(oc(=O)c1Cl)-c1ccccc1OCC2. The molecule has 1 aromatic heterocycles. The lowest BCUT2D eigenvalue weighted by Crippen LogP contribution is -2.26. The Labute approximate surface area is 134 Å². The second kappa shape index (κ2) is 6.05. The number of nitrogens with zero attached hydrogens (tertiary/aromatic N) is 1. The first-order valence-electron chi connectivity index (χ1n) is 7.50. The number of hydrogen-bond acceptors (Lipinski definition) is 4. The highest BCUT2D eigenvalue weighted by atomic mass is 35.5. The summed E-state index contributed by atoms with van der Waals surface area (Å²) < 4.78 is 11.3. The number of halogens is 1. The van der Waals surface area contributed by atoms with Crippen molar-refractivity contribution in [2.75, 3.05) is 24.6 Å². The molecule has 0 aliphatic carbocycles. The van der Waals surface area contributed by atoms with E-state index in [9.17, 15) is 4.79 Å². The van der Waals surface area contributed by atoms with Crippen LogP contribution >= 0.6 is 11.6 Å². The molecule has 0 amide bonds. The van der Waals surface area contributed by atoms with Crippen LogP contribution in [-0.4, -0.2) is 19.7 Å². The largest absolute Gasteiger partial charge is 0.492 e. The van der Waals surface area contributed by atoms with Gasteiger partial charge in [-0.05, 0) is 26.0 Å². The smallest absolute Gasteiger partial charge is 0.357 e. The van der Waals surface area contributed by atoms with Crippen LogP contribution in [0.4, 0.5) is 5.69 Å². The monoisotopic (exact) mass is 319 g/mol. The molecule has 116 valence electrons. The van der Waals surface area contributed by atoms with Crippen molar-refractivity contribution in [3.05, 3.63) is 45.3 Å². The third-order valence-electron chi connectivity index (χ3n) is 3.96. The first kappa shape index (κ1) is 15.0. The second-order valence-electron chi connectivity index (χ2n) is 5.13. The van der Waals surface area contributed by atoms with Crippen molar-refractivity contribution in [1.29, 1.82) is 0 Å². The summed E-state index contributed by atoms with van der Waals surface area (Å²) >= 11 is 6.27. The number of ether oxygens (including phenoxy) is 1. The van der Waals surface area contributed by atoms with Crippen LogP contribution in [0.2, 0.25) is 5.02 Å². The Kier molecular flexibility index (Phi) is 4.12. The highest BCUT2D eigenvalue weighted by Crippen LogP contribution is 2.40. The lowest BCUT2D eigenvalue weighted by molar-refractivity contribution is 0.326. The topological polar surface area (TPSA) is 42.7 Å². The van der Waals surface area contributed by atoms with Gasteiger partial charge in [0.05, 0.1) is 17.9 Å². The Morgan fingerprint density at radius 2 is 1.95 bits per heavy atom. The van der Waals surface area contributed by atoms with Crippen molar-refractivity contribution in [2.45, 2.75) is 20.3 Å². The van der Waals surface area contributed by atoms with E-state index in [1.165, 1.54) is 0 Å². The van der Waals surface area contributed by atoms with Crippen molar-refractivity contribution in [3.63, 3.8) is 0 Å². The molecule has 2 aromatic rings. The van der Waals surface area contributed by atoms with Crippen LogP contribution in [0.3, 0.4) is 0 Å². The molecule has 2 heterocycles. The maximum absolute atomic E-state index is 12.2. The van der Waals surface area contributed by atoms with Crippen LogP contribution < -0.4 is 15.3 Å². The molecule has 3 rings (SSSR count). The zero-order valence-corrected chi connectivity index (χ0v) is 13.4. The van der Waals surface area contributed by atoms with Crippen molar-refractivity contribution in [1.82, 2.24) is 0 Å². The molecule has 0 unspecified atom stereocenters. The second-order valence-corrected chi connectivity index (χ2v) is 5.50. The van der Waals surface area contributed by atoms with Crippen LogP contribution in [0.1, 0.15) is 19.4 Å². The Morgan fingerprint density at radius 1 is 1.23 bits per heavy atom. The maximum Gasteiger partial charge on any atom is 0.357 e. The van der Waals surface area contributed by atoms with E-state index in [0.29, 0.717) is 18.8 Å². The summed E-state index contributed by atoms with van der Waals surface area (Å²) in [6.45, 7) is 6.16. The van der Waals surface area contributed by atoms with E-state index >= 15 is 0 Å². The summed E-state index contributed by atoms with van der Waals surface area (Å²) in [6, 6.07) is 7.60. The zero-order chi connectivity index (χ0) is 15.7. The number of anilines is 1. The number of hydrogen-bond donors (Lipinski definition) is 0. The molecule has 0 atom stereocenters. The van der Waals surface area contributed by atoms with E-state index in [2.05, 4.69) is 4.90 Å². The molecule has 1 aliphatic heterocycles. The van der Waals surface area contributed by atoms with E-state index in [1.807, 2.05) is 38.1 Å². The van der Waals surface area contributed by atoms with Gasteiger partial charge < -0.3 is 14.1 Å². The quantitative estimate of drug-likeness (QED) is 0.864. The summed E-state index contributed by atoms with van der Waals surface area (Å²) in [4.78, 5) is 14.3. The van der Waals surface area contributed by atoms with Crippen LogP contribution in [-0.2, 0) is 6.42 Å². The lowest BCUT2D eigenvalue weighted by atomic mass is 10.0. The minimum absolute atomic E-state index is 0.154. The van der Waals surface area contributed by atoms with Gasteiger partial charge in [0.1, 0.15) is 16.5 Å². The molecule has 0 saturated heterocycles. The molecule has 0 fully saturated rings. The Bertz CT molecular complexity index is 750. The molecule has 0 spiro atoms. The number of fused-ring (bicyclic) bond motifs is 3. The highest BCUT2D eigenvalue weighted by molar-refractivity contribution is 6.33. The molecule has 4 nitrogen and oxygen atoms in total. The average Bonchev–Trinajstić information content (AvgIpc) is 2.71. The third kappa shape index (κ3) is 2.37. The molecule has 0 saturated carbocycles. The van der Waals surface area contributed by atoms with Crippen LogP contribution in [0.15, 0.2) is 33.5 Å². The van der Waals surface area contributed by atoms with Gasteiger partial charge in [-0.2, -0.15) is 0 Å². The standard InChI is InChI=1S/C17H18ClNO3/c1-3-19(4-2)15-12-9-10-21-13-8-6-5-7-11(13)16(12)22-17(20)14(15)18/h5-8H,3-4,9-10H2,1-2H3. The minimum atomic E-state index is -0.501. The van der Waals surface area contributed by atoms with Crippen LogP contribution in [0.25, 0.3) is 11.3 Å². The fourth-order valence-corrected chi connectivity index (χ4v) is 3.17. The average molecular weight is 320 g/mol. The van der Waals surface area contributed by atoms with Crippen molar-refractivity contribution in [2.24, 2.45) is 0 Å². The van der Waals surface area contributed by atoms with Crippen molar-refractivity contribution >= 4 is 17.3 Å². The summed E-state index contributed by atoms with van der Waals surface area (Å²) in [5, 5.41) is 0.154. The molecule has 0 radical (unpaired) electrons. The fourth-order valence-electron chi connectivity index (χ4n) is 2.90. The third-order valence-corrected chi connectivity index (χ3v) is 4.30. The van der Waals surface area contributed by atoms with E-state index in [1.54, 1.807) is 0 Å². The Morgan fingerprint density at radius 3 is 2.68 bits per heavy atom. The predicted octanol–water partition coefficient (Wildman–Crippen LogP) is 3.74. The van der Waals surface area contributed by atoms with Gasteiger partial charge in [0.15, 0.2) is 0 Å². The normalized spacial score (nSPS) is 12.9. The van der Waals surface area contributed by atoms with Crippen molar-refractivity contribution < 1.29 is 9.15 Å². The first-order chi connectivity index (χ1) is 10.7.